The minimum absolute atomic E-state index is 0.122. The first-order valence-corrected chi connectivity index (χ1v) is 12.4. The van der Waals surface area contributed by atoms with E-state index in [-0.39, 0.29) is 11.9 Å². The number of hydrogen-bond acceptors (Lipinski definition) is 6. The van der Waals surface area contributed by atoms with Crippen molar-refractivity contribution in [2.75, 3.05) is 25.1 Å². The lowest BCUT2D eigenvalue weighted by Crippen LogP contribution is -2.37. The Morgan fingerprint density at radius 3 is 2.70 bits per heavy atom. The van der Waals surface area contributed by atoms with Crippen LogP contribution in [0.5, 0.6) is 0 Å². The van der Waals surface area contributed by atoms with Crippen LogP contribution in [0.1, 0.15) is 25.8 Å². The van der Waals surface area contributed by atoms with Crippen LogP contribution in [0.15, 0.2) is 58.2 Å². The molecule has 33 heavy (non-hydrogen) atoms. The summed E-state index contributed by atoms with van der Waals surface area (Å²) in [6.45, 7) is 3.11. The lowest BCUT2D eigenvalue weighted by atomic mass is 10.0. The number of hydrogen-bond donors (Lipinski definition) is 1. The molecule has 9 heteroatoms. The Bertz CT molecular complexity index is 1370. The molecule has 0 aliphatic carbocycles. The van der Waals surface area contributed by atoms with E-state index in [0.717, 1.165) is 52.9 Å². The van der Waals surface area contributed by atoms with Crippen LogP contribution in [0.4, 0.5) is 5.82 Å². The summed E-state index contributed by atoms with van der Waals surface area (Å²) in [4.78, 5) is 18.6. The monoisotopic (exact) mass is 463 g/mol. The number of fused-ring (bicyclic) bond motifs is 1. The van der Waals surface area contributed by atoms with E-state index in [9.17, 15) is 9.00 Å². The van der Waals surface area contributed by atoms with Gasteiger partial charge in [-0.2, -0.15) is 5.10 Å². The Kier molecular flexibility index (Phi) is 5.49. The van der Waals surface area contributed by atoms with Crippen molar-refractivity contribution in [3.8, 4) is 22.5 Å². The van der Waals surface area contributed by atoms with Gasteiger partial charge in [0, 0.05) is 76.4 Å². The molecule has 1 saturated heterocycles. The van der Waals surface area contributed by atoms with Crippen molar-refractivity contribution in [2.45, 2.75) is 30.7 Å². The highest BCUT2D eigenvalue weighted by atomic mass is 32.2. The predicted octanol–water partition coefficient (Wildman–Crippen LogP) is 3.86. The summed E-state index contributed by atoms with van der Waals surface area (Å²) in [7, 11) is -1.09. The van der Waals surface area contributed by atoms with Gasteiger partial charge in [-0.25, -0.2) is 4.98 Å². The number of amides is 1. The Hall–Kier alpha value is -3.46. The van der Waals surface area contributed by atoms with Gasteiger partial charge in [-0.1, -0.05) is 12.1 Å². The van der Waals surface area contributed by atoms with Crippen molar-refractivity contribution in [1.29, 1.82) is 0 Å². The number of nitrogens with zero attached hydrogens (tertiary/aromatic N) is 4. The number of anilines is 1. The summed E-state index contributed by atoms with van der Waals surface area (Å²) >= 11 is 0. The van der Waals surface area contributed by atoms with Gasteiger partial charge in [0.1, 0.15) is 5.76 Å². The molecule has 1 aromatic carbocycles. The summed E-state index contributed by atoms with van der Waals surface area (Å²) in [5.74, 6) is 1.08. The molecule has 0 radical (unpaired) electrons. The third kappa shape index (κ3) is 4.04. The fraction of sp³-hybridized carbons (Fsp3) is 0.292. The molecule has 5 rings (SSSR count). The smallest absolute Gasteiger partial charge is 0.219 e. The van der Waals surface area contributed by atoms with Crippen molar-refractivity contribution < 1.29 is 13.4 Å². The van der Waals surface area contributed by atoms with Crippen LogP contribution < -0.4 is 5.73 Å². The van der Waals surface area contributed by atoms with Crippen LogP contribution in [-0.2, 0) is 15.6 Å². The highest BCUT2D eigenvalue weighted by Gasteiger charge is 2.23. The first-order valence-electron chi connectivity index (χ1n) is 10.8. The van der Waals surface area contributed by atoms with Crippen LogP contribution >= 0.6 is 0 Å². The Morgan fingerprint density at radius 2 is 1.97 bits per heavy atom. The summed E-state index contributed by atoms with van der Waals surface area (Å²) in [5, 5.41) is 5.45. The fourth-order valence-corrected chi connectivity index (χ4v) is 4.93. The number of pyridine rings is 1. The van der Waals surface area contributed by atoms with Gasteiger partial charge in [0.2, 0.25) is 5.91 Å². The van der Waals surface area contributed by atoms with Gasteiger partial charge in [0.15, 0.2) is 11.4 Å². The van der Waals surface area contributed by atoms with E-state index in [4.69, 9.17) is 10.2 Å². The molecular weight excluding hydrogens is 438 g/mol. The van der Waals surface area contributed by atoms with E-state index in [1.165, 1.54) is 0 Å². The van der Waals surface area contributed by atoms with Crippen LogP contribution in [0.3, 0.4) is 0 Å². The molecule has 170 valence electrons. The summed E-state index contributed by atoms with van der Waals surface area (Å²) in [6.07, 6.45) is 9.00. The third-order valence-electron chi connectivity index (χ3n) is 6.23. The fourth-order valence-electron chi connectivity index (χ4n) is 4.37. The maximum atomic E-state index is 11.9. The highest BCUT2D eigenvalue weighted by molar-refractivity contribution is 7.84. The molecule has 1 amide bonds. The first-order chi connectivity index (χ1) is 15.9. The summed E-state index contributed by atoms with van der Waals surface area (Å²) in [5.41, 5.74) is 9.29. The molecule has 3 aromatic heterocycles. The maximum Gasteiger partial charge on any atom is 0.219 e. The second-order valence-electron chi connectivity index (χ2n) is 8.34. The lowest BCUT2D eigenvalue weighted by molar-refractivity contribution is -0.130. The predicted molar refractivity (Wildman–Crippen MR) is 128 cm³/mol. The Morgan fingerprint density at radius 1 is 1.18 bits per heavy atom. The van der Waals surface area contributed by atoms with Crippen molar-refractivity contribution >= 4 is 33.5 Å². The van der Waals surface area contributed by atoms with Gasteiger partial charge >= 0.3 is 0 Å². The molecule has 4 heterocycles. The number of aromatic nitrogens is 3. The summed E-state index contributed by atoms with van der Waals surface area (Å²) < 4.78 is 20.0. The number of nitrogen functional groups attached to an aromatic ring is 1. The van der Waals surface area contributed by atoms with Crippen molar-refractivity contribution in [3.05, 3.63) is 48.9 Å². The van der Waals surface area contributed by atoms with E-state index in [0.29, 0.717) is 17.2 Å². The molecule has 0 spiro atoms. The summed E-state index contributed by atoms with van der Waals surface area (Å²) in [6, 6.07) is 9.68. The molecule has 1 fully saturated rings. The minimum atomic E-state index is -1.09. The van der Waals surface area contributed by atoms with Crippen molar-refractivity contribution in [3.63, 3.8) is 0 Å². The number of piperidine rings is 1. The number of nitrogens with two attached hydrogens (primary N) is 1. The van der Waals surface area contributed by atoms with Crippen molar-refractivity contribution in [1.82, 2.24) is 19.7 Å². The molecule has 2 N–H and O–H groups in total. The highest BCUT2D eigenvalue weighted by Crippen LogP contribution is 2.37. The minimum Gasteiger partial charge on any atom is -0.452 e. The molecule has 1 atom stereocenters. The number of carbonyl (C=O) groups excluding carboxylic acids is 1. The van der Waals surface area contributed by atoms with Gasteiger partial charge in [0.25, 0.3) is 0 Å². The SMILES string of the molecule is CC(=O)N1CCC(n2cc(-c3cnc(N)c4oc(-c5cccc(S(C)=O)c5)cc34)cn2)CC1. The lowest BCUT2D eigenvalue weighted by Gasteiger charge is -2.31. The van der Waals surface area contributed by atoms with E-state index in [1.807, 2.05) is 52.3 Å². The largest absolute Gasteiger partial charge is 0.452 e. The number of carbonyl (C=O) groups is 1. The molecule has 0 saturated carbocycles. The van der Waals surface area contributed by atoms with Gasteiger partial charge in [-0.3, -0.25) is 13.7 Å². The molecule has 0 bridgehead atoms. The van der Waals surface area contributed by atoms with Gasteiger partial charge in [-0.05, 0) is 31.0 Å². The van der Waals surface area contributed by atoms with Crippen LogP contribution in [0.25, 0.3) is 33.4 Å². The van der Waals surface area contributed by atoms with Crippen molar-refractivity contribution in [2.24, 2.45) is 0 Å². The average molecular weight is 464 g/mol. The van der Waals surface area contributed by atoms with E-state index in [1.54, 1.807) is 19.4 Å². The number of likely N-dealkylation sites (tertiary alicyclic amines) is 1. The van der Waals surface area contributed by atoms with Crippen LogP contribution in [0.2, 0.25) is 0 Å². The maximum absolute atomic E-state index is 11.9. The van der Waals surface area contributed by atoms with E-state index in [2.05, 4.69) is 10.1 Å². The molecule has 8 nitrogen and oxygen atoms in total. The van der Waals surface area contributed by atoms with Crippen LogP contribution in [0, 0.1) is 0 Å². The first kappa shape index (κ1) is 21.4. The van der Waals surface area contributed by atoms with Gasteiger partial charge in [-0.15, -0.1) is 0 Å². The number of rotatable bonds is 4. The zero-order valence-electron chi connectivity index (χ0n) is 18.5. The quantitative estimate of drug-likeness (QED) is 0.492. The second kappa shape index (κ2) is 8.47. The van der Waals surface area contributed by atoms with Gasteiger partial charge in [0.05, 0.1) is 12.2 Å². The average Bonchev–Trinajstić information content (AvgIpc) is 3.48. The standard InChI is InChI=1S/C24H25N5O3S/c1-15(30)28-8-6-18(7-9-28)29-14-17(12-27-29)21-13-26-24(25)23-20(21)11-22(32-23)16-4-3-5-19(10-16)33(2)31/h3-5,10-14,18H,6-9H2,1-2H3,(H2,25,26). The van der Waals surface area contributed by atoms with E-state index >= 15 is 0 Å². The number of furan rings is 1. The van der Waals surface area contributed by atoms with E-state index < -0.39 is 10.8 Å². The van der Waals surface area contributed by atoms with Crippen LogP contribution in [-0.4, -0.2) is 49.1 Å². The zero-order valence-corrected chi connectivity index (χ0v) is 19.3. The molecular formula is C24H25N5O3S. The number of benzene rings is 1. The molecule has 1 aliphatic rings. The Balaban J connectivity index is 1.49. The Labute approximate surface area is 193 Å². The normalized spacial score (nSPS) is 15.8. The molecule has 1 aliphatic heterocycles. The topological polar surface area (TPSA) is 107 Å². The molecule has 4 aromatic rings. The third-order valence-corrected chi connectivity index (χ3v) is 7.15. The van der Waals surface area contributed by atoms with Gasteiger partial charge < -0.3 is 15.1 Å². The second-order valence-corrected chi connectivity index (χ2v) is 9.72. The molecule has 1 unspecified atom stereocenters. The zero-order chi connectivity index (χ0) is 23.1.